The fraction of sp³-hybridized carbons (Fsp3) is 0.385. The molecule has 0 heterocycles. The number of rotatable bonds is 6. The molecule has 110 valence electrons. The molecular weight excluding hydrogens is 391 g/mol. The summed E-state index contributed by atoms with van der Waals surface area (Å²) in [7, 11) is 0. The maximum atomic E-state index is 11.8. The fourth-order valence-corrected chi connectivity index (χ4v) is 2.68. The molecule has 1 unspecified atom stereocenters. The number of anilines is 1. The molecule has 0 spiro atoms. The lowest BCUT2D eigenvalue weighted by atomic mass is 10.2. The molecule has 7 heteroatoms. The summed E-state index contributed by atoms with van der Waals surface area (Å²) in [5.74, 6) is 0.754. The monoisotopic (exact) mass is 408 g/mol. The molecule has 0 radical (unpaired) electrons. The van der Waals surface area contributed by atoms with Gasteiger partial charge < -0.3 is 15.7 Å². The molecule has 0 aliphatic heterocycles. The third-order valence-electron chi connectivity index (χ3n) is 2.41. The largest absolute Gasteiger partial charge is 0.478 e. The van der Waals surface area contributed by atoms with Crippen molar-refractivity contribution < 1.29 is 14.7 Å². The van der Waals surface area contributed by atoms with E-state index in [1.54, 1.807) is 23.9 Å². The van der Waals surface area contributed by atoms with Gasteiger partial charge in [-0.1, -0.05) is 6.92 Å². The summed E-state index contributed by atoms with van der Waals surface area (Å²) >= 11 is 3.77. The Kier molecular flexibility index (Phi) is 7.14. The van der Waals surface area contributed by atoms with E-state index in [0.717, 1.165) is 15.1 Å². The highest BCUT2D eigenvalue weighted by atomic mass is 127. The molecule has 2 amide bonds. The van der Waals surface area contributed by atoms with Crippen molar-refractivity contribution in [2.45, 2.75) is 19.9 Å². The first-order valence-electron chi connectivity index (χ1n) is 6.12. The van der Waals surface area contributed by atoms with Gasteiger partial charge in [0, 0.05) is 15.4 Å². The minimum Gasteiger partial charge on any atom is -0.478 e. The number of carbonyl (C=O) groups is 2. The number of urea groups is 1. The molecule has 0 aliphatic carbocycles. The minimum absolute atomic E-state index is 0.0251. The van der Waals surface area contributed by atoms with Gasteiger partial charge in [0.05, 0.1) is 11.3 Å². The van der Waals surface area contributed by atoms with Gasteiger partial charge in [-0.2, -0.15) is 11.8 Å². The highest BCUT2D eigenvalue weighted by Crippen LogP contribution is 2.19. The van der Waals surface area contributed by atoms with Gasteiger partial charge >= 0.3 is 12.0 Å². The van der Waals surface area contributed by atoms with Crippen molar-refractivity contribution in [3.63, 3.8) is 0 Å². The molecule has 1 aromatic carbocycles. The first-order chi connectivity index (χ1) is 9.43. The van der Waals surface area contributed by atoms with E-state index in [1.807, 2.05) is 29.5 Å². The van der Waals surface area contributed by atoms with E-state index in [-0.39, 0.29) is 11.6 Å². The van der Waals surface area contributed by atoms with Crippen LogP contribution in [0.2, 0.25) is 0 Å². The van der Waals surface area contributed by atoms with Crippen LogP contribution < -0.4 is 10.6 Å². The van der Waals surface area contributed by atoms with E-state index >= 15 is 0 Å². The molecule has 1 atom stereocenters. The summed E-state index contributed by atoms with van der Waals surface area (Å²) in [6.45, 7) is 3.97. The van der Waals surface area contributed by atoms with Crippen LogP contribution in [-0.2, 0) is 0 Å². The second-order valence-corrected chi connectivity index (χ2v) is 6.72. The number of hydrogen-bond donors (Lipinski definition) is 3. The Morgan fingerprint density at radius 2 is 2.15 bits per heavy atom. The zero-order valence-electron chi connectivity index (χ0n) is 11.3. The quantitative estimate of drug-likeness (QED) is 0.632. The Labute approximate surface area is 136 Å². The molecule has 0 bridgehead atoms. The van der Waals surface area contributed by atoms with Crippen LogP contribution in [0.5, 0.6) is 0 Å². The zero-order valence-corrected chi connectivity index (χ0v) is 14.2. The summed E-state index contributed by atoms with van der Waals surface area (Å²) in [6, 6.07) is 4.50. The van der Waals surface area contributed by atoms with Gasteiger partial charge in [0.25, 0.3) is 0 Å². The Balaban J connectivity index is 2.68. The van der Waals surface area contributed by atoms with Crippen molar-refractivity contribution in [2.75, 3.05) is 16.8 Å². The Bertz CT molecular complexity index is 497. The second kappa shape index (κ2) is 8.35. The molecule has 1 aromatic rings. The lowest BCUT2D eigenvalue weighted by molar-refractivity contribution is 0.0698. The Morgan fingerprint density at radius 3 is 2.75 bits per heavy atom. The molecule has 0 saturated carbocycles. The smallest absolute Gasteiger partial charge is 0.337 e. The van der Waals surface area contributed by atoms with Crippen LogP contribution in [0, 0.1) is 3.57 Å². The van der Waals surface area contributed by atoms with Crippen LogP contribution in [0.3, 0.4) is 0 Å². The molecule has 5 nitrogen and oxygen atoms in total. The summed E-state index contributed by atoms with van der Waals surface area (Å²) in [5.41, 5.74) is 0.383. The molecule has 1 rings (SSSR count). The maximum Gasteiger partial charge on any atom is 0.337 e. The van der Waals surface area contributed by atoms with Crippen LogP contribution in [0.25, 0.3) is 0 Å². The van der Waals surface area contributed by atoms with Gasteiger partial charge in [-0.25, -0.2) is 9.59 Å². The predicted molar refractivity (Wildman–Crippen MR) is 90.7 cm³/mol. The van der Waals surface area contributed by atoms with Crippen LogP contribution in [0.4, 0.5) is 10.5 Å². The van der Waals surface area contributed by atoms with Gasteiger partial charge in [-0.3, -0.25) is 0 Å². The number of hydrogen-bond acceptors (Lipinski definition) is 3. The third-order valence-corrected chi connectivity index (χ3v) is 4.22. The predicted octanol–water partition coefficient (Wildman–Crippen LogP) is 3.25. The maximum absolute atomic E-state index is 11.8. The molecule has 0 saturated heterocycles. The average Bonchev–Trinajstić information content (AvgIpc) is 2.38. The van der Waals surface area contributed by atoms with Crippen molar-refractivity contribution in [2.24, 2.45) is 0 Å². The summed E-state index contributed by atoms with van der Waals surface area (Å²) in [6.07, 6.45) is 0. The highest BCUT2D eigenvalue weighted by Gasteiger charge is 2.14. The van der Waals surface area contributed by atoms with Crippen LogP contribution in [-0.4, -0.2) is 34.7 Å². The second-order valence-electron chi connectivity index (χ2n) is 4.15. The van der Waals surface area contributed by atoms with Crippen LogP contribution in [0.1, 0.15) is 24.2 Å². The summed E-state index contributed by atoms with van der Waals surface area (Å²) < 4.78 is 0.804. The number of benzene rings is 1. The normalized spacial score (nSPS) is 11.8. The van der Waals surface area contributed by atoms with Crippen LogP contribution in [0.15, 0.2) is 18.2 Å². The standard InChI is InChI=1S/C13H17IN2O3S/c1-3-20-7-8(2)15-13(19)16-11-5-4-9(14)6-10(11)12(17)18/h4-6,8H,3,7H2,1-2H3,(H,17,18)(H2,15,16,19). The number of carbonyl (C=O) groups excluding carboxylic acids is 1. The molecule has 0 aliphatic rings. The highest BCUT2D eigenvalue weighted by molar-refractivity contribution is 14.1. The molecule has 3 N–H and O–H groups in total. The Hall–Kier alpha value is -0.960. The van der Waals surface area contributed by atoms with Gasteiger partial charge in [-0.05, 0) is 53.5 Å². The van der Waals surface area contributed by atoms with E-state index in [9.17, 15) is 9.59 Å². The van der Waals surface area contributed by atoms with Gasteiger partial charge in [-0.15, -0.1) is 0 Å². The topological polar surface area (TPSA) is 78.4 Å². The third kappa shape index (κ3) is 5.58. The lowest BCUT2D eigenvalue weighted by Gasteiger charge is -2.15. The molecule has 0 aromatic heterocycles. The average molecular weight is 408 g/mol. The van der Waals surface area contributed by atoms with E-state index in [1.165, 1.54) is 6.07 Å². The van der Waals surface area contributed by atoms with Crippen molar-refractivity contribution in [1.82, 2.24) is 5.32 Å². The zero-order chi connectivity index (χ0) is 15.1. The first kappa shape index (κ1) is 17.1. The number of nitrogens with one attached hydrogen (secondary N) is 2. The van der Waals surface area contributed by atoms with Crippen molar-refractivity contribution in [3.05, 3.63) is 27.3 Å². The van der Waals surface area contributed by atoms with Gasteiger partial charge in [0.2, 0.25) is 0 Å². The first-order valence-corrected chi connectivity index (χ1v) is 8.35. The SMILES string of the molecule is CCSCC(C)NC(=O)Nc1ccc(I)cc1C(=O)O. The Morgan fingerprint density at radius 1 is 1.45 bits per heavy atom. The van der Waals surface area contributed by atoms with E-state index in [2.05, 4.69) is 17.6 Å². The van der Waals surface area contributed by atoms with E-state index in [4.69, 9.17) is 5.11 Å². The summed E-state index contributed by atoms with van der Waals surface area (Å²) in [5, 5.41) is 14.5. The molecular formula is C13H17IN2O3S. The fourth-order valence-electron chi connectivity index (χ4n) is 1.52. The van der Waals surface area contributed by atoms with Crippen molar-refractivity contribution >= 4 is 52.0 Å². The lowest BCUT2D eigenvalue weighted by Crippen LogP contribution is -2.37. The number of carboxylic acid groups (broad SMARTS) is 1. The van der Waals surface area contributed by atoms with Crippen molar-refractivity contribution in [1.29, 1.82) is 0 Å². The van der Waals surface area contributed by atoms with Crippen molar-refractivity contribution in [3.8, 4) is 0 Å². The van der Waals surface area contributed by atoms with Gasteiger partial charge in [0.1, 0.15) is 0 Å². The number of thioether (sulfide) groups is 1. The molecule has 0 fully saturated rings. The summed E-state index contributed by atoms with van der Waals surface area (Å²) in [4.78, 5) is 23.0. The minimum atomic E-state index is -1.06. The van der Waals surface area contributed by atoms with Gasteiger partial charge in [0.15, 0.2) is 0 Å². The molecule has 20 heavy (non-hydrogen) atoms. The van der Waals surface area contributed by atoms with E-state index < -0.39 is 12.0 Å². The number of halogens is 1. The van der Waals surface area contributed by atoms with E-state index in [0.29, 0.717) is 5.69 Å². The van der Waals surface area contributed by atoms with Crippen LogP contribution >= 0.6 is 34.4 Å². The number of aromatic carboxylic acids is 1. The number of amides is 2. The number of carboxylic acids is 1.